The van der Waals surface area contributed by atoms with E-state index in [1.807, 2.05) is 0 Å². The van der Waals surface area contributed by atoms with E-state index in [9.17, 15) is 14.9 Å². The molecule has 0 fully saturated rings. The average molecular weight is 304 g/mol. The number of anilines is 1. The number of nitro benzene ring substituents is 1. The summed E-state index contributed by atoms with van der Waals surface area (Å²) < 4.78 is 0. The number of carbonyl (C=O) groups excluding carboxylic acids is 1. The number of fused-ring (bicyclic) bond motifs is 1. The van der Waals surface area contributed by atoms with E-state index in [2.05, 4.69) is 4.98 Å². The minimum Gasteiger partial charge on any atom is -0.375 e. The first-order chi connectivity index (χ1) is 10.0. The van der Waals surface area contributed by atoms with Crippen molar-refractivity contribution < 1.29 is 9.72 Å². The Bertz CT molecular complexity index is 728. The molecule has 3 rings (SSSR count). The van der Waals surface area contributed by atoms with E-state index in [0.29, 0.717) is 30.2 Å². The molecule has 1 aromatic carbocycles. The zero-order chi connectivity index (χ0) is 15.0. The Morgan fingerprint density at radius 2 is 2.29 bits per heavy atom. The maximum Gasteiger partial charge on any atom is 0.270 e. The van der Waals surface area contributed by atoms with Crippen LogP contribution < -0.4 is 5.73 Å². The fourth-order valence-electron chi connectivity index (χ4n) is 2.36. The van der Waals surface area contributed by atoms with Crippen LogP contribution in [0.2, 0.25) is 0 Å². The van der Waals surface area contributed by atoms with Crippen LogP contribution in [0.15, 0.2) is 24.4 Å². The average Bonchev–Trinajstić information content (AvgIpc) is 2.87. The molecule has 0 bridgehead atoms. The lowest BCUT2D eigenvalue weighted by molar-refractivity contribution is -0.384. The molecule has 21 heavy (non-hydrogen) atoms. The molecule has 1 aliphatic heterocycles. The maximum atomic E-state index is 12.5. The van der Waals surface area contributed by atoms with Crippen molar-refractivity contribution in [1.29, 1.82) is 0 Å². The molecule has 0 spiro atoms. The summed E-state index contributed by atoms with van der Waals surface area (Å²) in [5.41, 5.74) is 6.78. The number of carbonyl (C=O) groups is 1. The Balaban J connectivity index is 1.87. The molecule has 0 aliphatic carbocycles. The zero-order valence-electron chi connectivity index (χ0n) is 11.0. The highest BCUT2D eigenvalue weighted by molar-refractivity contribution is 7.15. The zero-order valence-corrected chi connectivity index (χ0v) is 11.8. The minimum absolute atomic E-state index is 0.0639. The number of aromatic nitrogens is 1. The van der Waals surface area contributed by atoms with Crippen molar-refractivity contribution >= 4 is 28.1 Å². The number of nitrogens with two attached hydrogens (primary N) is 1. The van der Waals surface area contributed by atoms with Gasteiger partial charge in [0.1, 0.15) is 0 Å². The summed E-state index contributed by atoms with van der Waals surface area (Å²) >= 11 is 1.34. The van der Waals surface area contributed by atoms with Crippen LogP contribution in [0.1, 0.15) is 20.8 Å². The summed E-state index contributed by atoms with van der Waals surface area (Å²) in [6.07, 6.45) is 2.34. The van der Waals surface area contributed by atoms with Crippen LogP contribution in [0.4, 0.5) is 10.8 Å². The molecule has 7 nitrogen and oxygen atoms in total. The quantitative estimate of drug-likeness (QED) is 0.688. The number of rotatable bonds is 3. The van der Waals surface area contributed by atoms with E-state index in [4.69, 9.17) is 5.73 Å². The van der Waals surface area contributed by atoms with Crippen LogP contribution in [0.25, 0.3) is 0 Å². The Hall–Kier alpha value is -2.48. The predicted octanol–water partition coefficient (Wildman–Crippen LogP) is 1.83. The highest BCUT2D eigenvalue weighted by Crippen LogP contribution is 2.26. The van der Waals surface area contributed by atoms with Gasteiger partial charge in [-0.15, -0.1) is 11.3 Å². The second-order valence-corrected chi connectivity index (χ2v) is 5.89. The van der Waals surface area contributed by atoms with Gasteiger partial charge in [0.25, 0.3) is 11.6 Å². The van der Waals surface area contributed by atoms with Gasteiger partial charge in [-0.05, 0) is 12.0 Å². The molecule has 108 valence electrons. The van der Waals surface area contributed by atoms with Crippen molar-refractivity contribution in [3.8, 4) is 0 Å². The highest BCUT2D eigenvalue weighted by atomic mass is 32.1. The molecule has 2 N–H and O–H groups in total. The number of non-ortho nitro benzene ring substituents is 1. The van der Waals surface area contributed by atoms with E-state index in [1.165, 1.54) is 23.5 Å². The third kappa shape index (κ3) is 2.57. The minimum atomic E-state index is -0.490. The molecule has 0 unspecified atom stereocenters. The normalized spacial score (nSPS) is 14.1. The number of benzene rings is 1. The summed E-state index contributed by atoms with van der Waals surface area (Å²) in [5.74, 6) is -0.188. The summed E-state index contributed by atoms with van der Waals surface area (Å²) in [5, 5.41) is 11.3. The summed E-state index contributed by atoms with van der Waals surface area (Å²) in [6, 6.07) is 4.45. The Labute approximate surface area is 124 Å². The highest BCUT2D eigenvalue weighted by Gasteiger charge is 2.26. The van der Waals surface area contributed by atoms with Gasteiger partial charge in [0, 0.05) is 35.3 Å². The Morgan fingerprint density at radius 1 is 1.48 bits per heavy atom. The third-order valence-electron chi connectivity index (χ3n) is 3.39. The Morgan fingerprint density at radius 3 is 2.95 bits per heavy atom. The monoisotopic (exact) mass is 304 g/mol. The van der Waals surface area contributed by atoms with E-state index >= 15 is 0 Å². The van der Waals surface area contributed by atoms with Crippen LogP contribution in [0.3, 0.4) is 0 Å². The van der Waals surface area contributed by atoms with Gasteiger partial charge >= 0.3 is 0 Å². The summed E-state index contributed by atoms with van der Waals surface area (Å²) in [7, 11) is 0. The molecule has 0 atom stereocenters. The van der Waals surface area contributed by atoms with Crippen LogP contribution in [-0.2, 0) is 13.0 Å². The largest absolute Gasteiger partial charge is 0.375 e. The molecular formula is C13H12N4O3S. The maximum absolute atomic E-state index is 12.5. The van der Waals surface area contributed by atoms with E-state index < -0.39 is 4.92 Å². The second kappa shape index (κ2) is 5.13. The Kier molecular flexibility index (Phi) is 3.30. The number of hydrogen-bond acceptors (Lipinski definition) is 6. The first-order valence-corrected chi connectivity index (χ1v) is 7.13. The summed E-state index contributed by atoms with van der Waals surface area (Å²) in [4.78, 5) is 29.3. The summed E-state index contributed by atoms with van der Waals surface area (Å²) in [6.45, 7) is 1.01. The topological polar surface area (TPSA) is 102 Å². The van der Waals surface area contributed by atoms with E-state index in [1.54, 1.807) is 17.2 Å². The number of thiazole rings is 1. The van der Waals surface area contributed by atoms with Crippen molar-refractivity contribution in [3.05, 3.63) is 50.5 Å². The molecule has 1 aliphatic rings. The van der Waals surface area contributed by atoms with Crippen LogP contribution in [-0.4, -0.2) is 27.3 Å². The standard InChI is InChI=1S/C13H12N4O3S/c14-13-15-6-10(21-13)7-16-4-3-8-1-2-9(17(19)20)5-11(8)12(16)18/h1-2,5-6H,3-4,7H2,(H2,14,15). The fraction of sp³-hybridized carbons (Fsp3) is 0.231. The molecule has 0 radical (unpaired) electrons. The van der Waals surface area contributed by atoms with Crippen LogP contribution in [0.5, 0.6) is 0 Å². The van der Waals surface area contributed by atoms with Gasteiger partial charge < -0.3 is 10.6 Å². The number of amides is 1. The smallest absolute Gasteiger partial charge is 0.270 e. The number of nitrogens with zero attached hydrogens (tertiary/aromatic N) is 3. The second-order valence-electron chi connectivity index (χ2n) is 4.74. The van der Waals surface area contributed by atoms with Crippen molar-refractivity contribution in [2.45, 2.75) is 13.0 Å². The predicted molar refractivity (Wildman–Crippen MR) is 78.1 cm³/mol. The SMILES string of the molecule is Nc1ncc(CN2CCc3ccc([N+](=O)[O-])cc3C2=O)s1. The molecule has 8 heteroatoms. The lowest BCUT2D eigenvalue weighted by Crippen LogP contribution is -2.36. The fourth-order valence-corrected chi connectivity index (χ4v) is 3.06. The van der Waals surface area contributed by atoms with Gasteiger partial charge in [-0.25, -0.2) is 4.98 Å². The molecule has 2 aromatic rings. The molecule has 2 heterocycles. The van der Waals surface area contributed by atoms with Gasteiger partial charge in [0.05, 0.1) is 11.5 Å². The van der Waals surface area contributed by atoms with Gasteiger partial charge in [-0.1, -0.05) is 6.07 Å². The lowest BCUT2D eigenvalue weighted by atomic mass is 9.98. The molecule has 0 saturated heterocycles. The van der Waals surface area contributed by atoms with Crippen molar-refractivity contribution in [2.75, 3.05) is 12.3 Å². The van der Waals surface area contributed by atoms with Gasteiger partial charge in [-0.3, -0.25) is 14.9 Å². The molecule has 1 aromatic heterocycles. The third-order valence-corrected chi connectivity index (χ3v) is 4.20. The first-order valence-electron chi connectivity index (χ1n) is 6.31. The molecule has 0 saturated carbocycles. The number of hydrogen-bond donors (Lipinski definition) is 1. The molecule has 1 amide bonds. The van der Waals surface area contributed by atoms with Gasteiger partial charge in [0.15, 0.2) is 5.13 Å². The van der Waals surface area contributed by atoms with Crippen molar-refractivity contribution in [3.63, 3.8) is 0 Å². The van der Waals surface area contributed by atoms with Crippen LogP contribution >= 0.6 is 11.3 Å². The number of nitro groups is 1. The van der Waals surface area contributed by atoms with E-state index in [-0.39, 0.29) is 11.6 Å². The first kappa shape index (κ1) is 13.5. The molecular weight excluding hydrogens is 292 g/mol. The van der Waals surface area contributed by atoms with E-state index in [0.717, 1.165) is 10.4 Å². The van der Waals surface area contributed by atoms with Gasteiger partial charge in [0.2, 0.25) is 0 Å². The lowest BCUT2D eigenvalue weighted by Gasteiger charge is -2.27. The number of nitrogen functional groups attached to an aromatic ring is 1. The van der Waals surface area contributed by atoms with Crippen molar-refractivity contribution in [2.24, 2.45) is 0 Å². The van der Waals surface area contributed by atoms with Crippen LogP contribution in [0, 0.1) is 10.1 Å². The van der Waals surface area contributed by atoms with Gasteiger partial charge in [-0.2, -0.15) is 0 Å². The van der Waals surface area contributed by atoms with Crippen molar-refractivity contribution in [1.82, 2.24) is 9.88 Å².